The van der Waals surface area contributed by atoms with E-state index in [0.29, 0.717) is 6.61 Å². The second kappa shape index (κ2) is 6.82. The number of hydrogen-bond acceptors (Lipinski definition) is 2. The Bertz CT molecular complexity index is 607. The fourth-order valence-electron chi connectivity index (χ4n) is 2.38. The summed E-state index contributed by atoms with van der Waals surface area (Å²) in [6, 6.07) is 14.1. The highest BCUT2D eigenvalue weighted by molar-refractivity contribution is 9.10. The Labute approximate surface area is 138 Å². The number of rotatable bonds is 4. The first-order valence-corrected chi connectivity index (χ1v) is 8.15. The molecule has 0 radical (unpaired) electrons. The molecule has 0 N–H and O–H groups in total. The molecule has 1 atom stereocenters. The molecule has 110 valence electrons. The summed E-state index contributed by atoms with van der Waals surface area (Å²) in [4.78, 5) is 0. The highest BCUT2D eigenvalue weighted by Crippen LogP contribution is 2.25. The first kappa shape index (κ1) is 14.9. The van der Waals surface area contributed by atoms with E-state index in [-0.39, 0.29) is 6.10 Å². The third kappa shape index (κ3) is 4.00. The average molecular weight is 368 g/mol. The summed E-state index contributed by atoms with van der Waals surface area (Å²) < 4.78 is 12.2. The van der Waals surface area contributed by atoms with Gasteiger partial charge in [0.25, 0.3) is 0 Å². The summed E-state index contributed by atoms with van der Waals surface area (Å²) in [5.74, 6) is 0.898. The predicted octanol–water partition coefficient (Wildman–Crippen LogP) is 4.86. The molecule has 4 heteroatoms. The molecule has 21 heavy (non-hydrogen) atoms. The van der Waals surface area contributed by atoms with E-state index in [0.717, 1.165) is 40.3 Å². The van der Waals surface area contributed by atoms with E-state index < -0.39 is 0 Å². The SMILES string of the molecule is Clc1ccc(Br)cc1Cc1ccc(O[C@H]2CCOC2)cc1. The van der Waals surface area contributed by atoms with Gasteiger partial charge in [-0.05, 0) is 47.9 Å². The van der Waals surface area contributed by atoms with Crippen LogP contribution in [0.3, 0.4) is 0 Å². The quantitative estimate of drug-likeness (QED) is 0.768. The second-order valence-corrected chi connectivity index (χ2v) is 6.48. The van der Waals surface area contributed by atoms with E-state index in [1.165, 1.54) is 5.56 Å². The molecular formula is C17H16BrClO2. The van der Waals surface area contributed by atoms with Gasteiger partial charge in [0.1, 0.15) is 11.9 Å². The van der Waals surface area contributed by atoms with Crippen LogP contribution in [0, 0.1) is 0 Å². The first-order chi connectivity index (χ1) is 10.2. The van der Waals surface area contributed by atoms with E-state index in [4.69, 9.17) is 21.1 Å². The molecule has 0 amide bonds. The van der Waals surface area contributed by atoms with Crippen molar-refractivity contribution in [3.8, 4) is 5.75 Å². The maximum absolute atomic E-state index is 6.23. The summed E-state index contributed by atoms with van der Waals surface area (Å²) >= 11 is 9.71. The molecule has 1 fully saturated rings. The number of halogens is 2. The van der Waals surface area contributed by atoms with Crippen LogP contribution in [-0.4, -0.2) is 19.3 Å². The minimum absolute atomic E-state index is 0.190. The summed E-state index contributed by atoms with van der Waals surface area (Å²) in [5.41, 5.74) is 2.33. The third-order valence-electron chi connectivity index (χ3n) is 3.52. The third-order valence-corrected chi connectivity index (χ3v) is 4.38. The van der Waals surface area contributed by atoms with Crippen molar-refractivity contribution in [1.82, 2.24) is 0 Å². The molecule has 0 spiro atoms. The van der Waals surface area contributed by atoms with Crippen LogP contribution < -0.4 is 4.74 Å². The molecule has 1 aliphatic rings. The molecule has 1 saturated heterocycles. The first-order valence-electron chi connectivity index (χ1n) is 6.98. The van der Waals surface area contributed by atoms with E-state index in [9.17, 15) is 0 Å². The van der Waals surface area contributed by atoms with Gasteiger partial charge in [0, 0.05) is 15.9 Å². The van der Waals surface area contributed by atoms with Gasteiger partial charge < -0.3 is 9.47 Å². The van der Waals surface area contributed by atoms with Crippen molar-refractivity contribution in [3.63, 3.8) is 0 Å². The lowest BCUT2D eigenvalue weighted by molar-refractivity contribution is 0.141. The molecule has 0 aromatic heterocycles. The standard InChI is InChI=1S/C17H16BrClO2/c18-14-3-6-17(19)13(10-14)9-12-1-4-15(5-2-12)21-16-7-8-20-11-16/h1-6,10,16H,7-9,11H2/t16-/m0/s1. The zero-order chi connectivity index (χ0) is 14.7. The lowest BCUT2D eigenvalue weighted by atomic mass is 10.0. The Morgan fingerprint density at radius 2 is 2.00 bits per heavy atom. The average Bonchev–Trinajstić information content (AvgIpc) is 2.98. The summed E-state index contributed by atoms with van der Waals surface area (Å²) in [7, 11) is 0. The highest BCUT2D eigenvalue weighted by Gasteiger charge is 2.16. The van der Waals surface area contributed by atoms with Crippen LogP contribution in [0.5, 0.6) is 5.75 Å². The molecular weight excluding hydrogens is 352 g/mol. The fourth-order valence-corrected chi connectivity index (χ4v) is 2.98. The zero-order valence-corrected chi connectivity index (χ0v) is 13.9. The minimum atomic E-state index is 0.190. The van der Waals surface area contributed by atoms with Gasteiger partial charge >= 0.3 is 0 Å². The Morgan fingerprint density at radius 1 is 1.19 bits per heavy atom. The molecule has 2 nitrogen and oxygen atoms in total. The van der Waals surface area contributed by atoms with Gasteiger partial charge in [-0.1, -0.05) is 39.7 Å². The van der Waals surface area contributed by atoms with Crippen molar-refractivity contribution in [1.29, 1.82) is 0 Å². The van der Waals surface area contributed by atoms with Gasteiger partial charge in [-0.15, -0.1) is 0 Å². The minimum Gasteiger partial charge on any atom is -0.488 e. The van der Waals surface area contributed by atoms with Crippen molar-refractivity contribution in [2.45, 2.75) is 18.9 Å². The molecule has 0 unspecified atom stereocenters. The van der Waals surface area contributed by atoms with Crippen molar-refractivity contribution < 1.29 is 9.47 Å². The number of hydrogen-bond donors (Lipinski definition) is 0. The second-order valence-electron chi connectivity index (χ2n) is 5.16. The number of ether oxygens (including phenoxy) is 2. The molecule has 0 aliphatic carbocycles. The monoisotopic (exact) mass is 366 g/mol. The molecule has 0 bridgehead atoms. The van der Waals surface area contributed by atoms with Gasteiger partial charge in [0.2, 0.25) is 0 Å². The van der Waals surface area contributed by atoms with Crippen LogP contribution in [0.1, 0.15) is 17.5 Å². The fraction of sp³-hybridized carbons (Fsp3) is 0.294. The topological polar surface area (TPSA) is 18.5 Å². The summed E-state index contributed by atoms with van der Waals surface area (Å²) in [5, 5.41) is 0.793. The van der Waals surface area contributed by atoms with Gasteiger partial charge in [-0.25, -0.2) is 0 Å². The van der Waals surface area contributed by atoms with Crippen molar-refractivity contribution in [2.75, 3.05) is 13.2 Å². The number of benzene rings is 2. The van der Waals surface area contributed by atoms with Crippen LogP contribution >= 0.6 is 27.5 Å². The van der Waals surface area contributed by atoms with Crippen molar-refractivity contribution >= 4 is 27.5 Å². The van der Waals surface area contributed by atoms with Crippen molar-refractivity contribution in [3.05, 3.63) is 63.1 Å². The molecule has 0 saturated carbocycles. The van der Waals surface area contributed by atoms with Crippen LogP contribution in [0.15, 0.2) is 46.9 Å². The van der Waals surface area contributed by atoms with Gasteiger partial charge in [0.15, 0.2) is 0 Å². The van der Waals surface area contributed by atoms with Gasteiger partial charge in [-0.2, -0.15) is 0 Å². The van der Waals surface area contributed by atoms with E-state index >= 15 is 0 Å². The lowest BCUT2D eigenvalue weighted by Gasteiger charge is -2.12. The Kier molecular flexibility index (Phi) is 4.84. The predicted molar refractivity (Wildman–Crippen MR) is 88.3 cm³/mol. The molecule has 3 rings (SSSR count). The van der Waals surface area contributed by atoms with Crippen LogP contribution in [0.25, 0.3) is 0 Å². The van der Waals surface area contributed by atoms with Crippen molar-refractivity contribution in [2.24, 2.45) is 0 Å². The van der Waals surface area contributed by atoms with E-state index in [2.05, 4.69) is 34.1 Å². The van der Waals surface area contributed by atoms with Gasteiger partial charge in [0.05, 0.1) is 13.2 Å². The largest absolute Gasteiger partial charge is 0.488 e. The molecule has 1 heterocycles. The van der Waals surface area contributed by atoms with Crippen LogP contribution in [0.4, 0.5) is 0 Å². The normalized spacial score (nSPS) is 17.9. The van der Waals surface area contributed by atoms with E-state index in [1.807, 2.05) is 24.3 Å². The molecule has 2 aromatic carbocycles. The zero-order valence-electron chi connectivity index (χ0n) is 11.5. The molecule has 2 aromatic rings. The van der Waals surface area contributed by atoms with Crippen LogP contribution in [-0.2, 0) is 11.2 Å². The lowest BCUT2D eigenvalue weighted by Crippen LogP contribution is -2.15. The summed E-state index contributed by atoms with van der Waals surface area (Å²) in [6.45, 7) is 1.49. The van der Waals surface area contributed by atoms with Gasteiger partial charge in [-0.3, -0.25) is 0 Å². The molecule has 1 aliphatic heterocycles. The van der Waals surface area contributed by atoms with Crippen LogP contribution in [0.2, 0.25) is 5.02 Å². The Hall–Kier alpha value is -1.03. The summed E-state index contributed by atoms with van der Waals surface area (Å²) in [6.07, 6.45) is 1.97. The van der Waals surface area contributed by atoms with E-state index in [1.54, 1.807) is 0 Å². The Balaban J connectivity index is 1.67. The maximum atomic E-state index is 6.23. The Morgan fingerprint density at radius 3 is 2.71 bits per heavy atom. The smallest absolute Gasteiger partial charge is 0.124 e. The maximum Gasteiger partial charge on any atom is 0.124 e. The highest BCUT2D eigenvalue weighted by atomic mass is 79.9.